The maximum Gasteiger partial charge on any atom is 0.472 e. The van der Waals surface area contributed by atoms with Gasteiger partial charge in [0.05, 0.1) is 39.9 Å². The molecule has 0 aliphatic carbocycles. The Morgan fingerprint density at radius 1 is 0.547 bits per heavy atom. The topological polar surface area (TPSA) is 105 Å². The number of nitrogens with one attached hydrogen (secondary N) is 1. The van der Waals surface area contributed by atoms with Crippen molar-refractivity contribution in [3.8, 4) is 0 Å². The molecule has 3 atom stereocenters. The lowest BCUT2D eigenvalue weighted by Crippen LogP contribution is -2.45. The van der Waals surface area contributed by atoms with Gasteiger partial charge in [0.15, 0.2) is 0 Å². The zero-order valence-electron chi connectivity index (χ0n) is 42.3. The molecule has 0 aromatic carbocycles. The summed E-state index contributed by atoms with van der Waals surface area (Å²) in [6.07, 6.45) is 62.6. The molecule has 0 fully saturated rings. The SMILES string of the molecule is CC/C=C\C/C=C\C/C=C\C/C=C\C/C=C\CCCCCCCCCC(=O)NC(COP(=O)(O)OCC[N+](C)(C)C)C(O)/C=C/CCCCCCCCCCCCCCCCCCC. The molecule has 9 heteroatoms. The Hall–Kier alpha value is -2.06. The lowest BCUT2D eigenvalue weighted by Gasteiger charge is -2.25. The van der Waals surface area contributed by atoms with Crippen LogP contribution in [-0.4, -0.2) is 73.4 Å². The summed E-state index contributed by atoms with van der Waals surface area (Å²) >= 11 is 0. The van der Waals surface area contributed by atoms with E-state index in [1.54, 1.807) is 6.08 Å². The molecule has 0 aliphatic rings. The van der Waals surface area contributed by atoms with Crippen LogP contribution >= 0.6 is 7.82 Å². The Kier molecular flexibility index (Phi) is 44.6. The van der Waals surface area contributed by atoms with Gasteiger partial charge in [0, 0.05) is 6.42 Å². The first-order chi connectivity index (χ1) is 31.0. The van der Waals surface area contributed by atoms with E-state index in [0.29, 0.717) is 17.4 Å². The number of hydrogen-bond donors (Lipinski definition) is 3. The number of aliphatic hydroxyl groups is 1. The Balaban J connectivity index is 4.34. The molecule has 1 amide bonds. The van der Waals surface area contributed by atoms with Gasteiger partial charge in [0.2, 0.25) is 5.91 Å². The summed E-state index contributed by atoms with van der Waals surface area (Å²) in [4.78, 5) is 23.2. The summed E-state index contributed by atoms with van der Waals surface area (Å²) in [7, 11) is 1.56. The molecule has 3 N–H and O–H groups in total. The summed E-state index contributed by atoms with van der Waals surface area (Å²) in [6, 6.07) is -0.857. The molecule has 0 saturated heterocycles. The standard InChI is InChI=1S/C55H101N2O6P/c1-6-8-10-12-14-16-18-20-22-24-26-27-28-29-31-33-35-37-39-41-43-45-47-49-55(59)56-53(52-63-64(60,61)62-51-50-57(3,4)5)54(58)48-46-44-42-40-38-36-34-32-30-25-23-21-19-17-15-13-11-9-7-2/h8,10,14,16,20,22,26-27,29,31,46,48,53-54,58H,6-7,9,11-13,15,17-19,21,23-25,28,30,32-45,47,49-52H2,1-5H3,(H-,56,59,60,61)/p+1/b10-8-,16-14-,22-20-,27-26-,31-29-,48-46+. The number of rotatable bonds is 47. The number of unbranched alkanes of at least 4 members (excludes halogenated alkanes) is 24. The van der Waals surface area contributed by atoms with E-state index in [2.05, 4.69) is 79.9 Å². The zero-order chi connectivity index (χ0) is 47.1. The van der Waals surface area contributed by atoms with Crippen molar-refractivity contribution in [3.63, 3.8) is 0 Å². The van der Waals surface area contributed by atoms with E-state index in [4.69, 9.17) is 9.05 Å². The number of phosphoric acid groups is 1. The second-order valence-electron chi connectivity index (χ2n) is 18.9. The Bertz CT molecular complexity index is 1270. The average Bonchev–Trinajstić information content (AvgIpc) is 3.25. The Morgan fingerprint density at radius 3 is 1.38 bits per heavy atom. The second-order valence-corrected chi connectivity index (χ2v) is 20.3. The number of nitrogens with zero attached hydrogens (tertiary/aromatic N) is 1. The van der Waals surface area contributed by atoms with Gasteiger partial charge in [-0.05, 0) is 64.2 Å². The average molecular weight is 918 g/mol. The molecule has 0 bridgehead atoms. The van der Waals surface area contributed by atoms with Gasteiger partial charge in [-0.25, -0.2) is 4.57 Å². The first-order valence-corrected chi connectivity index (χ1v) is 27.8. The van der Waals surface area contributed by atoms with E-state index < -0.39 is 20.0 Å². The fraction of sp³-hybridized carbons (Fsp3) is 0.764. The van der Waals surface area contributed by atoms with Gasteiger partial charge >= 0.3 is 7.82 Å². The van der Waals surface area contributed by atoms with Crippen LogP contribution in [0.3, 0.4) is 0 Å². The van der Waals surface area contributed by atoms with Crippen molar-refractivity contribution >= 4 is 13.7 Å². The molecule has 0 rings (SSSR count). The minimum Gasteiger partial charge on any atom is -0.387 e. The van der Waals surface area contributed by atoms with Crippen LogP contribution in [-0.2, 0) is 18.4 Å². The van der Waals surface area contributed by atoms with E-state index in [0.717, 1.165) is 83.5 Å². The summed E-state index contributed by atoms with van der Waals surface area (Å²) in [6.45, 7) is 4.70. The molecular weight excluding hydrogens is 816 g/mol. The number of aliphatic hydroxyl groups excluding tert-OH is 1. The lowest BCUT2D eigenvalue weighted by molar-refractivity contribution is -0.870. The molecule has 0 spiro atoms. The molecule has 372 valence electrons. The highest BCUT2D eigenvalue weighted by atomic mass is 31.2. The number of likely N-dealkylation sites (N-methyl/N-ethyl adjacent to an activating group) is 1. The van der Waals surface area contributed by atoms with Crippen LogP contribution < -0.4 is 5.32 Å². The van der Waals surface area contributed by atoms with Gasteiger partial charge in [-0.3, -0.25) is 13.8 Å². The van der Waals surface area contributed by atoms with Gasteiger partial charge in [-0.1, -0.05) is 222 Å². The van der Waals surface area contributed by atoms with Crippen LogP contribution in [0.2, 0.25) is 0 Å². The summed E-state index contributed by atoms with van der Waals surface area (Å²) in [5.74, 6) is -0.190. The maximum absolute atomic E-state index is 12.9. The molecule has 8 nitrogen and oxygen atoms in total. The number of carbonyl (C=O) groups is 1. The van der Waals surface area contributed by atoms with E-state index in [1.807, 2.05) is 27.2 Å². The summed E-state index contributed by atoms with van der Waals surface area (Å²) < 4.78 is 23.7. The van der Waals surface area contributed by atoms with E-state index >= 15 is 0 Å². The predicted molar refractivity (Wildman–Crippen MR) is 276 cm³/mol. The van der Waals surface area contributed by atoms with Gasteiger partial charge in [-0.15, -0.1) is 0 Å². The van der Waals surface area contributed by atoms with Crippen LogP contribution in [0.1, 0.15) is 219 Å². The molecule has 0 aliphatic heterocycles. The third-order valence-corrected chi connectivity index (χ3v) is 12.4. The smallest absolute Gasteiger partial charge is 0.387 e. The van der Waals surface area contributed by atoms with Crippen molar-refractivity contribution in [2.24, 2.45) is 0 Å². The molecule has 0 radical (unpaired) electrons. The van der Waals surface area contributed by atoms with Crippen molar-refractivity contribution in [2.75, 3.05) is 40.9 Å². The van der Waals surface area contributed by atoms with Gasteiger partial charge in [-0.2, -0.15) is 0 Å². The molecule has 3 unspecified atom stereocenters. The molecule has 0 aromatic heterocycles. The van der Waals surface area contributed by atoms with Crippen molar-refractivity contribution in [1.82, 2.24) is 5.32 Å². The fourth-order valence-electron chi connectivity index (χ4n) is 7.30. The van der Waals surface area contributed by atoms with Gasteiger partial charge < -0.3 is 19.8 Å². The number of phosphoric ester groups is 1. The van der Waals surface area contributed by atoms with Gasteiger partial charge in [0.25, 0.3) is 0 Å². The molecule has 0 aromatic rings. The first-order valence-electron chi connectivity index (χ1n) is 26.3. The predicted octanol–water partition coefficient (Wildman–Crippen LogP) is 15.5. The first kappa shape index (κ1) is 61.9. The molecule has 64 heavy (non-hydrogen) atoms. The minimum absolute atomic E-state index is 0.0560. The molecule has 0 heterocycles. The highest BCUT2D eigenvalue weighted by Crippen LogP contribution is 2.43. The largest absolute Gasteiger partial charge is 0.472 e. The number of allylic oxidation sites excluding steroid dienone is 11. The number of amides is 1. The minimum atomic E-state index is -4.35. The third-order valence-electron chi connectivity index (χ3n) is 11.4. The number of quaternary nitrogens is 1. The second kappa shape index (κ2) is 46.1. The van der Waals surface area contributed by atoms with Crippen molar-refractivity contribution < 1.29 is 32.9 Å². The quantitative estimate of drug-likeness (QED) is 0.0243. The maximum atomic E-state index is 12.9. The van der Waals surface area contributed by atoms with E-state index in [-0.39, 0.29) is 19.1 Å². The highest BCUT2D eigenvalue weighted by Gasteiger charge is 2.27. The zero-order valence-corrected chi connectivity index (χ0v) is 43.1. The summed E-state index contributed by atoms with van der Waals surface area (Å²) in [5.41, 5.74) is 0. The van der Waals surface area contributed by atoms with Crippen molar-refractivity contribution in [3.05, 3.63) is 72.9 Å². The van der Waals surface area contributed by atoms with E-state index in [1.165, 1.54) is 116 Å². The monoisotopic (exact) mass is 918 g/mol. The number of carbonyl (C=O) groups excluding carboxylic acids is 1. The Morgan fingerprint density at radius 2 is 0.938 bits per heavy atom. The van der Waals surface area contributed by atoms with E-state index in [9.17, 15) is 19.4 Å². The fourth-order valence-corrected chi connectivity index (χ4v) is 8.04. The van der Waals surface area contributed by atoms with Crippen LogP contribution in [0.15, 0.2) is 72.9 Å². The van der Waals surface area contributed by atoms with Crippen LogP contribution in [0.5, 0.6) is 0 Å². The van der Waals surface area contributed by atoms with Crippen molar-refractivity contribution in [1.29, 1.82) is 0 Å². The molecular formula is C55H102N2O6P+. The van der Waals surface area contributed by atoms with Crippen LogP contribution in [0.25, 0.3) is 0 Å². The molecule has 0 saturated carbocycles. The highest BCUT2D eigenvalue weighted by molar-refractivity contribution is 7.47. The van der Waals surface area contributed by atoms with Gasteiger partial charge in [0.1, 0.15) is 13.2 Å². The van der Waals surface area contributed by atoms with Crippen LogP contribution in [0, 0.1) is 0 Å². The normalized spacial score (nSPS) is 14.7. The summed E-state index contributed by atoms with van der Waals surface area (Å²) in [5, 5.41) is 13.9. The van der Waals surface area contributed by atoms with Crippen molar-refractivity contribution in [2.45, 2.75) is 231 Å². The van der Waals surface area contributed by atoms with Crippen LogP contribution in [0.4, 0.5) is 0 Å². The third kappa shape index (κ3) is 47.9. The number of hydrogen-bond acceptors (Lipinski definition) is 5. The Labute approximate surface area is 395 Å². The lowest BCUT2D eigenvalue weighted by atomic mass is 10.0.